The monoisotopic (exact) mass is 247 g/mol. The first-order valence-electron chi connectivity index (χ1n) is 7.16. The summed E-state index contributed by atoms with van der Waals surface area (Å²) < 4.78 is 6.08. The highest BCUT2D eigenvalue weighted by Gasteiger charge is 2.29. The lowest BCUT2D eigenvalue weighted by atomic mass is 9.92. The van der Waals surface area contributed by atoms with E-state index in [2.05, 4.69) is 50.5 Å². The van der Waals surface area contributed by atoms with Gasteiger partial charge < -0.3 is 10.1 Å². The SMILES string of the molecule is CCCC(C)CC(NC)C1Cc2ccccc2O1. The molecule has 1 aromatic carbocycles. The van der Waals surface area contributed by atoms with Gasteiger partial charge in [-0.15, -0.1) is 0 Å². The summed E-state index contributed by atoms with van der Waals surface area (Å²) in [6.07, 6.45) is 5.11. The second kappa shape index (κ2) is 6.24. The summed E-state index contributed by atoms with van der Waals surface area (Å²) in [6, 6.07) is 8.86. The molecule has 1 aliphatic rings. The van der Waals surface area contributed by atoms with Gasteiger partial charge in [-0.1, -0.05) is 44.9 Å². The Hall–Kier alpha value is -1.02. The molecule has 0 radical (unpaired) electrons. The van der Waals surface area contributed by atoms with Gasteiger partial charge in [-0.3, -0.25) is 0 Å². The van der Waals surface area contributed by atoms with E-state index in [0.29, 0.717) is 12.1 Å². The summed E-state index contributed by atoms with van der Waals surface area (Å²) in [6.45, 7) is 4.60. The number of nitrogens with one attached hydrogen (secondary N) is 1. The van der Waals surface area contributed by atoms with Gasteiger partial charge in [0.25, 0.3) is 0 Å². The molecule has 0 bridgehead atoms. The third-order valence-corrected chi connectivity index (χ3v) is 3.93. The molecule has 0 saturated carbocycles. The maximum absolute atomic E-state index is 6.08. The van der Waals surface area contributed by atoms with E-state index >= 15 is 0 Å². The van der Waals surface area contributed by atoms with E-state index in [4.69, 9.17) is 4.74 Å². The van der Waals surface area contributed by atoms with E-state index in [9.17, 15) is 0 Å². The molecule has 1 N–H and O–H groups in total. The Balaban J connectivity index is 1.95. The minimum Gasteiger partial charge on any atom is -0.488 e. The molecule has 3 atom stereocenters. The molecule has 0 saturated heterocycles. The van der Waals surface area contributed by atoms with Crippen LogP contribution in [0.4, 0.5) is 0 Å². The number of hydrogen-bond acceptors (Lipinski definition) is 2. The van der Waals surface area contributed by atoms with Gasteiger partial charge in [0, 0.05) is 12.5 Å². The van der Waals surface area contributed by atoms with Crippen LogP contribution in [0.15, 0.2) is 24.3 Å². The quantitative estimate of drug-likeness (QED) is 0.832. The summed E-state index contributed by atoms with van der Waals surface area (Å²) in [5.74, 6) is 1.84. The summed E-state index contributed by atoms with van der Waals surface area (Å²) in [5.41, 5.74) is 1.35. The number of likely N-dealkylation sites (N-methyl/N-ethyl adjacent to an activating group) is 1. The van der Waals surface area contributed by atoms with Gasteiger partial charge in [0.2, 0.25) is 0 Å². The van der Waals surface area contributed by atoms with Gasteiger partial charge >= 0.3 is 0 Å². The first-order chi connectivity index (χ1) is 8.74. The zero-order valence-electron chi connectivity index (χ0n) is 11.8. The fourth-order valence-corrected chi connectivity index (χ4v) is 2.93. The molecule has 0 fully saturated rings. The van der Waals surface area contributed by atoms with E-state index in [1.54, 1.807) is 0 Å². The Kier molecular flexibility index (Phi) is 4.65. The molecular formula is C16H25NO. The largest absolute Gasteiger partial charge is 0.488 e. The van der Waals surface area contributed by atoms with Crippen molar-refractivity contribution in [3.8, 4) is 5.75 Å². The first-order valence-corrected chi connectivity index (χ1v) is 7.16. The smallest absolute Gasteiger partial charge is 0.123 e. The summed E-state index contributed by atoms with van der Waals surface area (Å²) in [7, 11) is 2.05. The summed E-state index contributed by atoms with van der Waals surface area (Å²) in [5, 5.41) is 3.44. The molecular weight excluding hydrogens is 222 g/mol. The molecule has 0 aliphatic carbocycles. The van der Waals surface area contributed by atoms with Crippen molar-refractivity contribution >= 4 is 0 Å². The van der Waals surface area contributed by atoms with Gasteiger partial charge in [0.05, 0.1) is 0 Å². The average Bonchev–Trinajstić information content (AvgIpc) is 2.79. The highest BCUT2D eigenvalue weighted by Crippen LogP contribution is 2.31. The molecule has 1 heterocycles. The van der Waals surface area contributed by atoms with Crippen LogP contribution in [0, 0.1) is 5.92 Å². The van der Waals surface area contributed by atoms with Crippen molar-refractivity contribution in [1.29, 1.82) is 0 Å². The molecule has 1 aliphatic heterocycles. The van der Waals surface area contributed by atoms with E-state index in [1.165, 1.54) is 24.8 Å². The highest BCUT2D eigenvalue weighted by molar-refractivity contribution is 5.37. The molecule has 0 spiro atoms. The zero-order valence-corrected chi connectivity index (χ0v) is 11.8. The van der Waals surface area contributed by atoms with Crippen LogP contribution in [0.3, 0.4) is 0 Å². The van der Waals surface area contributed by atoms with Crippen molar-refractivity contribution < 1.29 is 4.74 Å². The van der Waals surface area contributed by atoms with Crippen molar-refractivity contribution in [3.63, 3.8) is 0 Å². The maximum atomic E-state index is 6.08. The Morgan fingerprint density at radius 1 is 1.39 bits per heavy atom. The lowest BCUT2D eigenvalue weighted by molar-refractivity contribution is 0.165. The lowest BCUT2D eigenvalue weighted by Crippen LogP contribution is -2.41. The Morgan fingerprint density at radius 3 is 2.83 bits per heavy atom. The van der Waals surface area contributed by atoms with Crippen molar-refractivity contribution in [2.24, 2.45) is 5.92 Å². The molecule has 0 amide bonds. The predicted molar refractivity (Wildman–Crippen MR) is 76.1 cm³/mol. The van der Waals surface area contributed by atoms with Crippen LogP contribution >= 0.6 is 0 Å². The standard InChI is InChI=1S/C16H25NO/c1-4-7-12(2)10-14(17-3)16-11-13-8-5-6-9-15(13)18-16/h5-6,8-9,12,14,16-17H,4,7,10-11H2,1-3H3. The summed E-state index contributed by atoms with van der Waals surface area (Å²) >= 11 is 0. The van der Waals surface area contributed by atoms with E-state index in [0.717, 1.165) is 18.1 Å². The molecule has 2 heteroatoms. The minimum absolute atomic E-state index is 0.298. The molecule has 2 rings (SSSR count). The van der Waals surface area contributed by atoms with Crippen molar-refractivity contribution in [2.75, 3.05) is 7.05 Å². The maximum Gasteiger partial charge on any atom is 0.123 e. The Bertz CT molecular complexity index is 352. The molecule has 18 heavy (non-hydrogen) atoms. The molecule has 2 nitrogen and oxygen atoms in total. The van der Waals surface area contributed by atoms with Crippen LogP contribution in [0.1, 0.15) is 38.7 Å². The number of hydrogen-bond donors (Lipinski definition) is 1. The predicted octanol–water partition coefficient (Wildman–Crippen LogP) is 3.40. The van der Waals surface area contributed by atoms with Gasteiger partial charge in [-0.05, 0) is 31.0 Å². The molecule has 0 aromatic heterocycles. The van der Waals surface area contributed by atoms with E-state index < -0.39 is 0 Å². The van der Waals surface area contributed by atoms with Crippen LogP contribution in [-0.2, 0) is 6.42 Å². The van der Waals surface area contributed by atoms with E-state index in [-0.39, 0.29) is 0 Å². The normalized spacial score (nSPS) is 21.2. The minimum atomic E-state index is 0.298. The third-order valence-electron chi connectivity index (χ3n) is 3.93. The van der Waals surface area contributed by atoms with Crippen LogP contribution in [0.5, 0.6) is 5.75 Å². The van der Waals surface area contributed by atoms with Crippen LogP contribution in [-0.4, -0.2) is 19.2 Å². The fraction of sp³-hybridized carbons (Fsp3) is 0.625. The zero-order chi connectivity index (χ0) is 13.0. The number of ether oxygens (including phenoxy) is 1. The van der Waals surface area contributed by atoms with Gasteiger partial charge in [-0.25, -0.2) is 0 Å². The van der Waals surface area contributed by atoms with Crippen LogP contribution < -0.4 is 10.1 Å². The Labute approximate surface area is 111 Å². The van der Waals surface area contributed by atoms with Gasteiger partial charge in [-0.2, -0.15) is 0 Å². The third kappa shape index (κ3) is 3.05. The van der Waals surface area contributed by atoms with Gasteiger partial charge in [0.1, 0.15) is 11.9 Å². The Morgan fingerprint density at radius 2 is 2.17 bits per heavy atom. The van der Waals surface area contributed by atoms with Crippen LogP contribution in [0.25, 0.3) is 0 Å². The highest BCUT2D eigenvalue weighted by atomic mass is 16.5. The fourth-order valence-electron chi connectivity index (χ4n) is 2.93. The second-order valence-corrected chi connectivity index (χ2v) is 5.49. The first kappa shape index (κ1) is 13.4. The molecule has 3 unspecified atom stereocenters. The number of benzene rings is 1. The van der Waals surface area contributed by atoms with Crippen molar-refractivity contribution in [2.45, 2.75) is 51.7 Å². The van der Waals surface area contributed by atoms with Crippen molar-refractivity contribution in [3.05, 3.63) is 29.8 Å². The van der Waals surface area contributed by atoms with E-state index in [1.807, 2.05) is 0 Å². The topological polar surface area (TPSA) is 21.3 Å². The lowest BCUT2D eigenvalue weighted by Gasteiger charge is -2.25. The second-order valence-electron chi connectivity index (χ2n) is 5.49. The average molecular weight is 247 g/mol. The van der Waals surface area contributed by atoms with Crippen molar-refractivity contribution in [1.82, 2.24) is 5.32 Å². The molecule has 1 aromatic rings. The molecule has 100 valence electrons. The van der Waals surface area contributed by atoms with Gasteiger partial charge in [0.15, 0.2) is 0 Å². The van der Waals surface area contributed by atoms with Crippen LogP contribution in [0.2, 0.25) is 0 Å². The number of fused-ring (bicyclic) bond motifs is 1. The number of rotatable bonds is 6. The summed E-state index contributed by atoms with van der Waals surface area (Å²) in [4.78, 5) is 0. The number of para-hydroxylation sites is 1.